The number of methoxy groups -OCH3 is 1. The number of amides is 1. The molecule has 5 heteroatoms. The fraction of sp³-hybridized carbons (Fsp3) is 0.364. The van der Waals surface area contributed by atoms with Crippen LogP contribution in [0.2, 0.25) is 0 Å². The third-order valence-electron chi connectivity index (χ3n) is 5.36. The predicted molar refractivity (Wildman–Crippen MR) is 105 cm³/mol. The highest BCUT2D eigenvalue weighted by molar-refractivity contribution is 6.04. The Labute approximate surface area is 159 Å². The van der Waals surface area contributed by atoms with E-state index in [4.69, 9.17) is 9.84 Å². The fourth-order valence-corrected chi connectivity index (χ4v) is 3.76. The molecule has 1 aliphatic rings. The quantitative estimate of drug-likeness (QED) is 0.819. The summed E-state index contributed by atoms with van der Waals surface area (Å²) >= 11 is 0. The zero-order valence-electron chi connectivity index (χ0n) is 15.9. The second-order valence-corrected chi connectivity index (χ2v) is 7.71. The van der Waals surface area contributed by atoms with Crippen molar-refractivity contribution in [2.45, 2.75) is 38.0 Å². The molecule has 3 rings (SSSR count). The lowest BCUT2D eigenvalue weighted by Crippen LogP contribution is -2.28. The van der Waals surface area contributed by atoms with Crippen LogP contribution < -0.4 is 5.32 Å². The van der Waals surface area contributed by atoms with Gasteiger partial charge in [0.25, 0.3) is 5.91 Å². The zero-order chi connectivity index (χ0) is 19.6. The van der Waals surface area contributed by atoms with Crippen molar-refractivity contribution in [3.63, 3.8) is 0 Å². The number of ether oxygens (including phenoxy) is 1. The Kier molecular flexibility index (Phi) is 5.33. The van der Waals surface area contributed by atoms with E-state index in [1.54, 1.807) is 19.2 Å². The number of rotatable bonds is 5. The first-order valence-corrected chi connectivity index (χ1v) is 9.10. The van der Waals surface area contributed by atoms with Crippen molar-refractivity contribution in [3.05, 3.63) is 64.7 Å². The topological polar surface area (TPSA) is 75.6 Å². The molecule has 0 saturated carbocycles. The Bertz CT molecular complexity index is 855. The van der Waals surface area contributed by atoms with Crippen molar-refractivity contribution in [2.24, 2.45) is 0 Å². The molecule has 2 aromatic rings. The summed E-state index contributed by atoms with van der Waals surface area (Å²) in [4.78, 5) is 23.6. The zero-order valence-corrected chi connectivity index (χ0v) is 15.9. The van der Waals surface area contributed by atoms with Crippen LogP contribution in [0, 0.1) is 0 Å². The second-order valence-electron chi connectivity index (χ2n) is 7.71. The average Bonchev–Trinajstić information content (AvgIpc) is 2.64. The molecule has 27 heavy (non-hydrogen) atoms. The summed E-state index contributed by atoms with van der Waals surface area (Å²) in [7, 11) is 1.71. The van der Waals surface area contributed by atoms with Crippen LogP contribution in [0.3, 0.4) is 0 Å². The standard InChI is InChI=1S/C22H25NO4/c1-22(2)11-10-16(13-27-3)18-12-15(6-9-19(18)22)20(24)23-17-7-4-14(5-8-17)21(25)26/h4-9,12,16H,10-11,13H2,1-3H3,(H,23,24)(H,25,26). The Balaban J connectivity index is 1.85. The monoisotopic (exact) mass is 367 g/mol. The third kappa shape index (κ3) is 4.03. The second kappa shape index (κ2) is 7.53. The molecule has 5 nitrogen and oxygen atoms in total. The number of fused-ring (bicyclic) bond motifs is 1. The largest absolute Gasteiger partial charge is 0.478 e. The van der Waals surface area contributed by atoms with Crippen molar-refractivity contribution in [2.75, 3.05) is 19.0 Å². The van der Waals surface area contributed by atoms with Gasteiger partial charge in [-0.25, -0.2) is 4.79 Å². The summed E-state index contributed by atoms with van der Waals surface area (Å²) in [5.74, 6) is -0.907. The number of carboxylic acid groups (broad SMARTS) is 1. The van der Waals surface area contributed by atoms with Gasteiger partial charge in [0.1, 0.15) is 0 Å². The van der Waals surface area contributed by atoms with Crippen LogP contribution in [-0.4, -0.2) is 30.7 Å². The van der Waals surface area contributed by atoms with Gasteiger partial charge >= 0.3 is 5.97 Å². The van der Waals surface area contributed by atoms with Gasteiger partial charge in [0.2, 0.25) is 0 Å². The van der Waals surface area contributed by atoms with Gasteiger partial charge in [-0.1, -0.05) is 19.9 Å². The maximum Gasteiger partial charge on any atom is 0.335 e. The molecule has 0 bridgehead atoms. The van der Waals surface area contributed by atoms with Gasteiger partial charge in [0.15, 0.2) is 0 Å². The maximum absolute atomic E-state index is 12.7. The highest BCUT2D eigenvalue weighted by Gasteiger charge is 2.33. The van der Waals surface area contributed by atoms with Gasteiger partial charge in [-0.05, 0) is 65.8 Å². The summed E-state index contributed by atoms with van der Waals surface area (Å²) in [5.41, 5.74) is 3.89. The predicted octanol–water partition coefficient (Wildman–Crippen LogP) is 4.44. The van der Waals surface area contributed by atoms with E-state index in [1.807, 2.05) is 12.1 Å². The molecular formula is C22H25NO4. The lowest BCUT2D eigenvalue weighted by molar-refractivity contribution is 0.0696. The van der Waals surface area contributed by atoms with E-state index >= 15 is 0 Å². The van der Waals surface area contributed by atoms with Crippen LogP contribution in [0.1, 0.15) is 64.4 Å². The Morgan fingerprint density at radius 2 is 1.81 bits per heavy atom. The summed E-state index contributed by atoms with van der Waals surface area (Å²) < 4.78 is 5.38. The van der Waals surface area contributed by atoms with Gasteiger partial charge in [0.05, 0.1) is 12.2 Å². The Morgan fingerprint density at radius 1 is 1.15 bits per heavy atom. The number of hydrogen-bond acceptors (Lipinski definition) is 3. The van der Waals surface area contributed by atoms with Crippen molar-refractivity contribution >= 4 is 17.6 Å². The van der Waals surface area contributed by atoms with Crippen LogP contribution in [0.4, 0.5) is 5.69 Å². The number of carboxylic acids is 1. The lowest BCUT2D eigenvalue weighted by atomic mass is 9.68. The summed E-state index contributed by atoms with van der Waals surface area (Å²) in [6.07, 6.45) is 2.13. The van der Waals surface area contributed by atoms with E-state index in [-0.39, 0.29) is 16.9 Å². The van der Waals surface area contributed by atoms with Crippen LogP contribution >= 0.6 is 0 Å². The third-order valence-corrected chi connectivity index (χ3v) is 5.36. The molecule has 1 aliphatic carbocycles. The number of hydrogen-bond donors (Lipinski definition) is 2. The van der Waals surface area contributed by atoms with Gasteiger partial charge in [-0.3, -0.25) is 4.79 Å². The number of nitrogens with one attached hydrogen (secondary N) is 1. The molecule has 0 saturated heterocycles. The van der Waals surface area contributed by atoms with Crippen LogP contribution in [0.25, 0.3) is 0 Å². The molecule has 0 spiro atoms. The van der Waals surface area contributed by atoms with Crippen LogP contribution in [-0.2, 0) is 10.2 Å². The summed E-state index contributed by atoms with van der Waals surface area (Å²) in [6.45, 7) is 5.11. The number of carbonyl (C=O) groups is 2. The molecule has 0 aromatic heterocycles. The first-order valence-electron chi connectivity index (χ1n) is 9.10. The van der Waals surface area contributed by atoms with E-state index in [2.05, 4.69) is 25.2 Å². The van der Waals surface area contributed by atoms with E-state index in [0.29, 0.717) is 23.8 Å². The molecular weight excluding hydrogens is 342 g/mol. The lowest BCUT2D eigenvalue weighted by Gasteiger charge is -2.37. The number of benzene rings is 2. The normalized spacial score (nSPS) is 17.8. The average molecular weight is 367 g/mol. The van der Waals surface area contributed by atoms with E-state index < -0.39 is 5.97 Å². The molecule has 0 aliphatic heterocycles. The molecule has 1 amide bonds. The molecule has 1 unspecified atom stereocenters. The highest BCUT2D eigenvalue weighted by atomic mass is 16.5. The van der Waals surface area contributed by atoms with E-state index in [9.17, 15) is 9.59 Å². The smallest absolute Gasteiger partial charge is 0.335 e. The van der Waals surface area contributed by atoms with Gasteiger partial charge in [-0.2, -0.15) is 0 Å². The molecule has 2 aromatic carbocycles. The minimum absolute atomic E-state index is 0.0846. The van der Waals surface area contributed by atoms with Gasteiger partial charge in [0, 0.05) is 24.3 Å². The van der Waals surface area contributed by atoms with Crippen LogP contribution in [0.5, 0.6) is 0 Å². The molecule has 0 radical (unpaired) electrons. The van der Waals surface area contributed by atoms with Crippen LogP contribution in [0.15, 0.2) is 42.5 Å². The van der Waals surface area contributed by atoms with Crippen molar-refractivity contribution in [1.29, 1.82) is 0 Å². The van der Waals surface area contributed by atoms with Crippen molar-refractivity contribution in [3.8, 4) is 0 Å². The minimum Gasteiger partial charge on any atom is -0.478 e. The SMILES string of the molecule is COCC1CCC(C)(C)c2ccc(C(=O)Nc3ccc(C(=O)O)cc3)cc21. The fourth-order valence-electron chi connectivity index (χ4n) is 3.76. The van der Waals surface area contributed by atoms with E-state index in [1.165, 1.54) is 23.3 Å². The molecule has 0 fully saturated rings. The first-order chi connectivity index (χ1) is 12.8. The van der Waals surface area contributed by atoms with Crippen molar-refractivity contribution in [1.82, 2.24) is 0 Å². The Hall–Kier alpha value is -2.66. The number of carbonyl (C=O) groups excluding carboxylic acids is 1. The number of anilines is 1. The number of aromatic carboxylic acids is 1. The summed E-state index contributed by atoms with van der Waals surface area (Å²) in [5, 5.41) is 11.8. The van der Waals surface area contributed by atoms with Gasteiger partial charge < -0.3 is 15.2 Å². The van der Waals surface area contributed by atoms with Crippen molar-refractivity contribution < 1.29 is 19.4 Å². The Morgan fingerprint density at radius 3 is 2.44 bits per heavy atom. The van der Waals surface area contributed by atoms with Gasteiger partial charge in [-0.15, -0.1) is 0 Å². The summed E-state index contributed by atoms with van der Waals surface area (Å²) in [6, 6.07) is 12.0. The molecule has 142 valence electrons. The highest BCUT2D eigenvalue weighted by Crippen LogP contribution is 2.43. The molecule has 0 heterocycles. The molecule has 2 N–H and O–H groups in total. The first kappa shape index (κ1) is 19.1. The van der Waals surface area contributed by atoms with E-state index in [0.717, 1.165) is 12.8 Å². The minimum atomic E-state index is -0.991. The molecule has 1 atom stereocenters. The maximum atomic E-state index is 12.7.